The van der Waals surface area contributed by atoms with Crippen LogP contribution in [0.2, 0.25) is 0 Å². The highest BCUT2D eigenvalue weighted by molar-refractivity contribution is 4.89. The summed E-state index contributed by atoms with van der Waals surface area (Å²) < 4.78 is 7.33. The molecule has 1 aromatic heterocycles. The summed E-state index contributed by atoms with van der Waals surface area (Å²) >= 11 is 0. The van der Waals surface area contributed by atoms with Gasteiger partial charge >= 0.3 is 0 Å². The molecule has 0 radical (unpaired) electrons. The number of nitrogens with one attached hydrogen (secondary N) is 1. The third kappa shape index (κ3) is 3.16. The lowest BCUT2D eigenvalue weighted by Gasteiger charge is -1.95. The van der Waals surface area contributed by atoms with Gasteiger partial charge < -0.3 is 0 Å². The Hall–Kier alpha value is -0.860. The average Bonchev–Trinajstić information content (AvgIpc) is 2.46. The molecule has 0 saturated heterocycles. The predicted molar refractivity (Wildman–Crippen MR) is 44.2 cm³/mol. The van der Waals surface area contributed by atoms with Crippen molar-refractivity contribution < 1.29 is 1.37 Å². The fraction of sp³-hybridized carbons (Fsp3) is 0.750. The van der Waals surface area contributed by atoms with Crippen LogP contribution < -0.4 is 0 Å². The topological polar surface area (TPSA) is 41.6 Å². The minimum Gasteiger partial charge on any atom is -0.262 e. The summed E-state index contributed by atoms with van der Waals surface area (Å²) in [6.45, 7) is 2.19. The normalized spacial score (nSPS) is 11.5. The van der Waals surface area contributed by atoms with Crippen LogP contribution in [0.25, 0.3) is 0 Å². The number of H-pyrrole nitrogens is 1. The summed E-state index contributed by atoms with van der Waals surface area (Å²) in [6, 6.07) is 0. The number of rotatable bonds is 5. The van der Waals surface area contributed by atoms with Crippen molar-refractivity contribution in [3.8, 4) is 0 Å². The number of aromatic nitrogens is 3. The summed E-state index contributed by atoms with van der Waals surface area (Å²) in [5.41, 5.74) is 0.867. The molecule has 1 heterocycles. The number of aryl methyl sites for hydroxylation is 1. The molecular weight excluding hydrogens is 138 g/mol. The van der Waals surface area contributed by atoms with Crippen molar-refractivity contribution in [3.63, 3.8) is 0 Å². The standard InChI is InChI=1S/C8H15N3/c1-2-3-4-5-6-8-7-9-11-10-8/h7H,2-6H2,1H3,(H,9,10,11)/i7D. The molecule has 11 heavy (non-hydrogen) atoms. The molecule has 0 unspecified atom stereocenters. The molecule has 0 bridgehead atoms. The Morgan fingerprint density at radius 1 is 1.55 bits per heavy atom. The van der Waals surface area contributed by atoms with E-state index < -0.39 is 0 Å². The predicted octanol–water partition coefficient (Wildman–Crippen LogP) is 1.93. The van der Waals surface area contributed by atoms with Gasteiger partial charge in [0.1, 0.15) is 0 Å². The van der Waals surface area contributed by atoms with E-state index in [0.29, 0.717) is 6.17 Å². The lowest BCUT2D eigenvalue weighted by atomic mass is 10.1. The zero-order valence-electron chi connectivity index (χ0n) is 7.93. The van der Waals surface area contributed by atoms with Crippen molar-refractivity contribution >= 4 is 0 Å². The van der Waals surface area contributed by atoms with Gasteiger partial charge in [0.2, 0.25) is 0 Å². The first kappa shape index (κ1) is 6.83. The van der Waals surface area contributed by atoms with Crippen molar-refractivity contribution in [2.45, 2.75) is 39.0 Å². The summed E-state index contributed by atoms with van der Waals surface area (Å²) in [6.07, 6.45) is 6.08. The first-order valence-electron chi connectivity index (χ1n) is 4.71. The number of hydrogen-bond acceptors (Lipinski definition) is 2. The zero-order valence-corrected chi connectivity index (χ0v) is 6.93. The molecule has 0 fully saturated rings. The monoisotopic (exact) mass is 154 g/mol. The first-order chi connectivity index (χ1) is 5.84. The fourth-order valence-corrected chi connectivity index (χ4v) is 1.04. The van der Waals surface area contributed by atoms with Gasteiger partial charge in [-0.1, -0.05) is 31.4 Å². The van der Waals surface area contributed by atoms with E-state index in [2.05, 4.69) is 22.3 Å². The first-order valence-corrected chi connectivity index (χ1v) is 4.21. The van der Waals surface area contributed by atoms with Crippen LogP contribution >= 0.6 is 0 Å². The Morgan fingerprint density at radius 2 is 2.45 bits per heavy atom. The molecule has 0 aliphatic rings. The summed E-state index contributed by atoms with van der Waals surface area (Å²) in [7, 11) is 0. The van der Waals surface area contributed by atoms with Crippen LogP contribution in [0.4, 0.5) is 0 Å². The lowest BCUT2D eigenvalue weighted by Crippen LogP contribution is -1.85. The van der Waals surface area contributed by atoms with Gasteiger partial charge in [0, 0.05) is 0 Å². The highest BCUT2D eigenvalue weighted by atomic mass is 15.3. The van der Waals surface area contributed by atoms with Crippen LogP contribution in [0.3, 0.4) is 0 Å². The van der Waals surface area contributed by atoms with Crippen LogP contribution in [-0.2, 0) is 6.42 Å². The number of unbranched alkanes of at least 4 members (excludes halogenated alkanes) is 3. The third-order valence-corrected chi connectivity index (χ3v) is 1.70. The Labute approximate surface area is 68.6 Å². The van der Waals surface area contributed by atoms with Gasteiger partial charge in [-0.3, -0.25) is 5.10 Å². The maximum absolute atomic E-state index is 7.33. The molecule has 3 nitrogen and oxygen atoms in total. The second-order valence-electron chi connectivity index (χ2n) is 2.71. The minimum absolute atomic E-state index is 0.298. The maximum atomic E-state index is 7.33. The smallest absolute Gasteiger partial charge is 0.0880 e. The molecule has 3 heteroatoms. The largest absolute Gasteiger partial charge is 0.262 e. The van der Waals surface area contributed by atoms with E-state index in [1.807, 2.05) is 0 Å². The molecule has 0 spiro atoms. The van der Waals surface area contributed by atoms with Crippen LogP contribution in [0.5, 0.6) is 0 Å². The van der Waals surface area contributed by atoms with Gasteiger partial charge in [0.15, 0.2) is 0 Å². The average molecular weight is 154 g/mol. The van der Waals surface area contributed by atoms with Crippen molar-refractivity contribution in [2.75, 3.05) is 0 Å². The molecule has 1 N–H and O–H groups in total. The molecule has 0 saturated carbocycles. The van der Waals surface area contributed by atoms with Crippen LogP contribution in [0.15, 0.2) is 6.17 Å². The lowest BCUT2D eigenvalue weighted by molar-refractivity contribution is 0.659. The molecule has 0 atom stereocenters. The Kier molecular flexibility index (Phi) is 3.03. The van der Waals surface area contributed by atoms with Crippen LogP contribution in [0.1, 0.15) is 39.7 Å². The molecule has 1 rings (SSSR count). The second kappa shape index (κ2) is 4.88. The highest BCUT2D eigenvalue weighted by Crippen LogP contribution is 2.03. The Bertz CT molecular complexity index is 222. The molecular formula is C8H15N3. The summed E-state index contributed by atoms with van der Waals surface area (Å²) in [5.74, 6) is 0. The Morgan fingerprint density at radius 3 is 3.09 bits per heavy atom. The van der Waals surface area contributed by atoms with E-state index >= 15 is 0 Å². The third-order valence-electron chi connectivity index (χ3n) is 1.70. The summed E-state index contributed by atoms with van der Waals surface area (Å²) in [4.78, 5) is 0. The van der Waals surface area contributed by atoms with Crippen molar-refractivity contribution in [2.24, 2.45) is 0 Å². The van der Waals surface area contributed by atoms with Crippen LogP contribution in [0, 0.1) is 0 Å². The van der Waals surface area contributed by atoms with E-state index in [1.165, 1.54) is 19.3 Å². The minimum atomic E-state index is 0.298. The van der Waals surface area contributed by atoms with Gasteiger partial charge in [0.25, 0.3) is 0 Å². The van der Waals surface area contributed by atoms with Crippen molar-refractivity contribution in [1.29, 1.82) is 0 Å². The number of nitrogens with zero attached hydrogens (tertiary/aromatic N) is 2. The van der Waals surface area contributed by atoms with Gasteiger partial charge in [-0.25, -0.2) is 0 Å². The van der Waals surface area contributed by atoms with E-state index in [0.717, 1.165) is 18.5 Å². The molecule has 0 aromatic carbocycles. The van der Waals surface area contributed by atoms with E-state index in [1.54, 1.807) is 0 Å². The number of aromatic amines is 1. The van der Waals surface area contributed by atoms with Crippen molar-refractivity contribution in [3.05, 3.63) is 11.9 Å². The van der Waals surface area contributed by atoms with Crippen molar-refractivity contribution in [1.82, 2.24) is 15.4 Å². The summed E-state index contributed by atoms with van der Waals surface area (Å²) in [5, 5.41) is 9.87. The molecule has 1 aromatic rings. The molecule has 0 amide bonds. The zero-order chi connectivity index (χ0) is 8.81. The highest BCUT2D eigenvalue weighted by Gasteiger charge is 1.93. The van der Waals surface area contributed by atoms with Gasteiger partial charge in [-0.2, -0.15) is 0 Å². The van der Waals surface area contributed by atoms with Gasteiger partial charge in [-0.15, -0.1) is 5.10 Å². The molecule has 62 valence electrons. The van der Waals surface area contributed by atoms with E-state index in [9.17, 15) is 0 Å². The Balaban J connectivity index is 2.20. The molecule has 0 aliphatic carbocycles. The second-order valence-corrected chi connectivity index (χ2v) is 2.71. The van der Waals surface area contributed by atoms with Crippen LogP contribution in [-0.4, -0.2) is 15.4 Å². The van der Waals surface area contributed by atoms with E-state index in [4.69, 9.17) is 1.37 Å². The molecule has 0 aliphatic heterocycles. The SMILES string of the molecule is [2H]c1nn[nH]c1CCCCCC. The number of hydrogen-bond donors (Lipinski definition) is 1. The maximum Gasteiger partial charge on any atom is 0.0880 e. The quantitative estimate of drug-likeness (QED) is 0.658. The fourth-order valence-electron chi connectivity index (χ4n) is 1.04. The van der Waals surface area contributed by atoms with Gasteiger partial charge in [-0.05, 0) is 12.8 Å². The van der Waals surface area contributed by atoms with Gasteiger partial charge in [0.05, 0.1) is 13.2 Å². The van der Waals surface area contributed by atoms with E-state index in [-0.39, 0.29) is 0 Å².